The second-order valence-corrected chi connectivity index (χ2v) is 5.39. The van der Waals surface area contributed by atoms with Crippen molar-refractivity contribution in [3.8, 4) is 0 Å². The molecule has 0 aromatic rings. The molecule has 0 amide bonds. The van der Waals surface area contributed by atoms with Crippen LogP contribution in [0.25, 0.3) is 0 Å². The van der Waals surface area contributed by atoms with E-state index in [1.165, 1.54) is 19.4 Å². The third-order valence-corrected chi connectivity index (χ3v) is 4.16. The molecule has 17 heavy (non-hydrogen) atoms. The summed E-state index contributed by atoms with van der Waals surface area (Å²) in [6, 6.07) is 1.68. The maximum Gasteiger partial charge on any atom is 0.114 e. The minimum atomic E-state index is -0.546. The predicted molar refractivity (Wildman–Crippen MR) is 72.2 cm³/mol. The number of hydrogen-bond acceptors (Lipinski definition) is 2. The summed E-state index contributed by atoms with van der Waals surface area (Å²) in [4.78, 5) is 4.70. The Morgan fingerprint density at radius 3 is 1.82 bits per heavy atom. The average molecular weight is 244 g/mol. The highest BCUT2D eigenvalue weighted by atomic mass is 19.1. The number of likely N-dealkylation sites (tertiary alicyclic amines) is 2. The first-order chi connectivity index (χ1) is 8.08. The topological polar surface area (TPSA) is 6.48 Å². The highest BCUT2D eigenvalue weighted by Crippen LogP contribution is 2.22. The molecule has 0 saturated carbocycles. The van der Waals surface area contributed by atoms with E-state index in [1.807, 2.05) is 0 Å². The van der Waals surface area contributed by atoms with Gasteiger partial charge in [-0.25, -0.2) is 4.39 Å². The molecular formula is C14H29FN2. The summed E-state index contributed by atoms with van der Waals surface area (Å²) in [6.45, 7) is 12.8. The summed E-state index contributed by atoms with van der Waals surface area (Å²) >= 11 is 0. The maximum atomic E-state index is 12.3. The van der Waals surface area contributed by atoms with E-state index in [0.717, 1.165) is 31.6 Å². The number of hydrogen-bond donors (Lipinski definition) is 0. The molecule has 2 rings (SSSR count). The fraction of sp³-hybridized carbons (Fsp3) is 1.00. The second kappa shape index (κ2) is 7.32. The summed E-state index contributed by atoms with van der Waals surface area (Å²) in [6.07, 6.45) is 2.99. The van der Waals surface area contributed by atoms with Crippen LogP contribution < -0.4 is 0 Å². The van der Waals surface area contributed by atoms with Crippen LogP contribution in [-0.2, 0) is 0 Å². The third-order valence-electron chi connectivity index (χ3n) is 4.16. The molecule has 2 heterocycles. The zero-order chi connectivity index (χ0) is 12.8. The van der Waals surface area contributed by atoms with Crippen molar-refractivity contribution in [2.75, 3.05) is 26.2 Å². The van der Waals surface area contributed by atoms with Gasteiger partial charge in [0.15, 0.2) is 0 Å². The highest BCUT2D eigenvalue weighted by molar-refractivity contribution is 4.80. The van der Waals surface area contributed by atoms with E-state index in [9.17, 15) is 4.39 Å². The molecule has 0 radical (unpaired) electrons. The lowest BCUT2D eigenvalue weighted by Crippen LogP contribution is -2.32. The highest BCUT2D eigenvalue weighted by Gasteiger charge is 2.24. The van der Waals surface area contributed by atoms with Crippen molar-refractivity contribution in [2.24, 2.45) is 0 Å². The van der Waals surface area contributed by atoms with Crippen molar-refractivity contribution in [1.29, 1.82) is 0 Å². The largest absolute Gasteiger partial charge is 0.301 e. The molecule has 2 aliphatic rings. The van der Waals surface area contributed by atoms with E-state index in [-0.39, 0.29) is 0 Å². The quantitative estimate of drug-likeness (QED) is 0.737. The van der Waals surface area contributed by atoms with Crippen molar-refractivity contribution in [3.63, 3.8) is 0 Å². The number of nitrogens with zero attached hydrogens (tertiary/aromatic N) is 2. The molecule has 0 aliphatic carbocycles. The first-order valence-electron chi connectivity index (χ1n) is 7.20. The molecule has 3 unspecified atom stereocenters. The average Bonchev–Trinajstić information content (AvgIpc) is 2.86. The van der Waals surface area contributed by atoms with E-state index in [1.54, 1.807) is 0 Å². The van der Waals surface area contributed by atoms with Crippen LogP contribution in [0.4, 0.5) is 4.39 Å². The first kappa shape index (κ1) is 14.9. The van der Waals surface area contributed by atoms with Gasteiger partial charge in [0.05, 0.1) is 0 Å². The fourth-order valence-electron chi connectivity index (χ4n) is 2.94. The van der Waals surface area contributed by atoms with Crippen molar-refractivity contribution in [2.45, 2.75) is 65.2 Å². The summed E-state index contributed by atoms with van der Waals surface area (Å²) < 4.78 is 12.3. The smallest absolute Gasteiger partial charge is 0.114 e. The SMILES string of the molecule is CCN1C(C)CCC1C.CCN1CCC(F)C1. The standard InChI is InChI=1S/C8H17N.C6H12FN/c1-4-9-7(2)5-6-8(9)3;1-2-8-4-3-6(7)5-8/h7-8H,4-6H2,1-3H3;6H,2-5H2,1H3. The summed E-state index contributed by atoms with van der Waals surface area (Å²) in [7, 11) is 0. The first-order valence-corrected chi connectivity index (χ1v) is 7.20. The van der Waals surface area contributed by atoms with Crippen LogP contribution in [0.15, 0.2) is 0 Å². The normalized spacial score (nSPS) is 34.8. The van der Waals surface area contributed by atoms with Gasteiger partial charge in [-0.3, -0.25) is 4.90 Å². The molecule has 3 heteroatoms. The zero-order valence-electron chi connectivity index (χ0n) is 12.0. The lowest BCUT2D eigenvalue weighted by molar-refractivity contribution is 0.226. The Kier molecular flexibility index (Phi) is 6.42. The van der Waals surface area contributed by atoms with Crippen LogP contribution in [-0.4, -0.2) is 54.2 Å². The minimum absolute atomic E-state index is 0.546. The summed E-state index contributed by atoms with van der Waals surface area (Å²) in [5, 5.41) is 0. The van der Waals surface area contributed by atoms with Gasteiger partial charge in [-0.2, -0.15) is 0 Å². The van der Waals surface area contributed by atoms with Gasteiger partial charge in [0.1, 0.15) is 6.17 Å². The number of alkyl halides is 1. The summed E-state index contributed by atoms with van der Waals surface area (Å²) in [5.41, 5.74) is 0. The van der Waals surface area contributed by atoms with Gasteiger partial charge in [-0.1, -0.05) is 13.8 Å². The Hall–Kier alpha value is -0.150. The second-order valence-electron chi connectivity index (χ2n) is 5.39. The van der Waals surface area contributed by atoms with Gasteiger partial charge in [0, 0.05) is 25.2 Å². The van der Waals surface area contributed by atoms with Crippen molar-refractivity contribution in [1.82, 2.24) is 9.80 Å². The molecule has 0 spiro atoms. The van der Waals surface area contributed by atoms with Gasteiger partial charge in [-0.15, -0.1) is 0 Å². The molecule has 0 N–H and O–H groups in total. The molecule has 3 atom stereocenters. The van der Waals surface area contributed by atoms with Gasteiger partial charge < -0.3 is 4.90 Å². The third kappa shape index (κ3) is 4.55. The van der Waals surface area contributed by atoms with Gasteiger partial charge in [0.25, 0.3) is 0 Å². The summed E-state index contributed by atoms with van der Waals surface area (Å²) in [5.74, 6) is 0. The van der Waals surface area contributed by atoms with E-state index in [2.05, 4.69) is 37.5 Å². The maximum absolute atomic E-state index is 12.3. The Labute approximate surface area is 106 Å². The lowest BCUT2D eigenvalue weighted by Gasteiger charge is -2.23. The van der Waals surface area contributed by atoms with Crippen LogP contribution in [0.1, 0.15) is 47.0 Å². The molecule has 2 fully saturated rings. The molecule has 0 bridgehead atoms. The van der Waals surface area contributed by atoms with Crippen molar-refractivity contribution in [3.05, 3.63) is 0 Å². The van der Waals surface area contributed by atoms with E-state index >= 15 is 0 Å². The number of rotatable bonds is 2. The van der Waals surface area contributed by atoms with Crippen LogP contribution in [0.3, 0.4) is 0 Å². The fourth-order valence-corrected chi connectivity index (χ4v) is 2.94. The molecule has 0 aromatic carbocycles. The van der Waals surface area contributed by atoms with Crippen LogP contribution >= 0.6 is 0 Å². The lowest BCUT2D eigenvalue weighted by atomic mass is 10.2. The van der Waals surface area contributed by atoms with Crippen LogP contribution in [0.2, 0.25) is 0 Å². The van der Waals surface area contributed by atoms with Crippen molar-refractivity contribution >= 4 is 0 Å². The van der Waals surface area contributed by atoms with Crippen LogP contribution in [0, 0.1) is 0 Å². The number of halogens is 1. The van der Waals surface area contributed by atoms with Crippen molar-refractivity contribution < 1.29 is 4.39 Å². The van der Waals surface area contributed by atoms with Crippen LogP contribution in [0.5, 0.6) is 0 Å². The zero-order valence-corrected chi connectivity index (χ0v) is 12.0. The molecular weight excluding hydrogens is 215 g/mol. The monoisotopic (exact) mass is 244 g/mol. The minimum Gasteiger partial charge on any atom is -0.301 e. The molecule has 2 nitrogen and oxygen atoms in total. The van der Waals surface area contributed by atoms with E-state index < -0.39 is 6.17 Å². The molecule has 2 aliphatic heterocycles. The van der Waals surface area contributed by atoms with E-state index in [4.69, 9.17) is 0 Å². The Bertz CT molecular complexity index is 200. The molecule has 102 valence electrons. The van der Waals surface area contributed by atoms with Gasteiger partial charge in [0.2, 0.25) is 0 Å². The Morgan fingerprint density at radius 2 is 1.59 bits per heavy atom. The molecule has 0 aromatic heterocycles. The predicted octanol–water partition coefficient (Wildman–Crippen LogP) is 2.93. The molecule has 2 saturated heterocycles. The van der Waals surface area contributed by atoms with E-state index in [0.29, 0.717) is 6.54 Å². The van der Waals surface area contributed by atoms with Gasteiger partial charge in [-0.05, 0) is 46.2 Å². The Morgan fingerprint density at radius 1 is 1.00 bits per heavy atom. The Balaban J connectivity index is 0.000000171. The van der Waals surface area contributed by atoms with Gasteiger partial charge >= 0.3 is 0 Å².